The van der Waals surface area contributed by atoms with Gasteiger partial charge in [-0.05, 0) is 61.7 Å². The van der Waals surface area contributed by atoms with Crippen molar-refractivity contribution in [2.75, 3.05) is 5.32 Å². The van der Waals surface area contributed by atoms with Crippen LogP contribution in [0.15, 0.2) is 54.6 Å². The number of anilines is 1. The van der Waals surface area contributed by atoms with Crippen LogP contribution in [0.25, 0.3) is 0 Å². The topological polar surface area (TPSA) is 71.1 Å². The fourth-order valence-corrected chi connectivity index (χ4v) is 3.12. The molecule has 0 aliphatic carbocycles. The van der Waals surface area contributed by atoms with Crippen LogP contribution < -0.4 is 10.6 Å². The predicted octanol–water partition coefficient (Wildman–Crippen LogP) is 4.33. The number of aryl methyl sites for hydroxylation is 3. The normalized spacial score (nSPS) is 10.5. The molecule has 0 bridgehead atoms. The summed E-state index contributed by atoms with van der Waals surface area (Å²) in [7, 11) is 0. The van der Waals surface area contributed by atoms with Crippen LogP contribution in [0.2, 0.25) is 0 Å². The number of hydrogen-bond acceptors (Lipinski definition) is 3. The number of nitrogens with one attached hydrogen (secondary N) is 2. The largest absolute Gasteiger partial charge is 0.347 e. The molecule has 0 spiro atoms. The van der Waals surface area contributed by atoms with Gasteiger partial charge in [-0.25, -0.2) is 9.37 Å². The smallest absolute Gasteiger partial charge is 0.274 e. The van der Waals surface area contributed by atoms with Gasteiger partial charge in [0.2, 0.25) is 0 Å². The summed E-state index contributed by atoms with van der Waals surface area (Å²) in [5.74, 6) is -1.13. The van der Waals surface area contributed by atoms with Crippen molar-refractivity contribution in [2.45, 2.75) is 27.3 Å². The van der Waals surface area contributed by atoms with E-state index in [-0.39, 0.29) is 29.7 Å². The lowest BCUT2D eigenvalue weighted by molar-refractivity contribution is 0.0945. The highest BCUT2D eigenvalue weighted by molar-refractivity contribution is 6.04. The molecule has 6 heteroatoms. The Morgan fingerprint density at radius 2 is 1.48 bits per heavy atom. The van der Waals surface area contributed by atoms with E-state index in [0.717, 1.165) is 27.9 Å². The summed E-state index contributed by atoms with van der Waals surface area (Å²) in [4.78, 5) is 29.2. The van der Waals surface area contributed by atoms with Crippen molar-refractivity contribution in [2.24, 2.45) is 0 Å². The third-order valence-corrected chi connectivity index (χ3v) is 4.50. The molecule has 5 nitrogen and oxygen atoms in total. The van der Waals surface area contributed by atoms with E-state index < -0.39 is 5.91 Å². The molecular weight excluding hydrogens is 369 g/mol. The summed E-state index contributed by atoms with van der Waals surface area (Å²) in [6.07, 6.45) is 0. The maximum absolute atomic E-state index is 13.0. The summed E-state index contributed by atoms with van der Waals surface area (Å²) in [6, 6.07) is 14.6. The summed E-state index contributed by atoms with van der Waals surface area (Å²) in [5.41, 5.74) is 4.84. The van der Waals surface area contributed by atoms with Crippen LogP contribution in [0.5, 0.6) is 0 Å². The maximum Gasteiger partial charge on any atom is 0.274 e. The van der Waals surface area contributed by atoms with Gasteiger partial charge >= 0.3 is 0 Å². The number of halogens is 1. The second-order valence-corrected chi connectivity index (χ2v) is 6.95. The molecule has 3 aromatic rings. The molecule has 0 atom stereocenters. The minimum absolute atomic E-state index is 0.136. The van der Waals surface area contributed by atoms with Gasteiger partial charge in [-0.2, -0.15) is 0 Å². The average Bonchev–Trinajstić information content (AvgIpc) is 2.70. The van der Waals surface area contributed by atoms with E-state index in [1.807, 2.05) is 32.9 Å². The first-order chi connectivity index (χ1) is 13.8. The molecule has 2 N–H and O–H groups in total. The van der Waals surface area contributed by atoms with Crippen molar-refractivity contribution in [1.29, 1.82) is 0 Å². The van der Waals surface area contributed by atoms with Crippen LogP contribution in [-0.4, -0.2) is 16.8 Å². The molecule has 1 aromatic heterocycles. The predicted molar refractivity (Wildman–Crippen MR) is 110 cm³/mol. The standard InChI is InChI=1S/C23H22FN3O2/c1-14-11-15(2)21(16(3)12-14)27-23(29)20-6-4-5-19(26-20)22(28)25-13-17-7-9-18(24)10-8-17/h4-12H,13H2,1-3H3,(H,25,28)(H,27,29). The minimum Gasteiger partial charge on any atom is -0.347 e. The number of pyridine rings is 1. The first kappa shape index (κ1) is 20.2. The van der Waals surface area contributed by atoms with Gasteiger partial charge in [-0.15, -0.1) is 0 Å². The lowest BCUT2D eigenvalue weighted by Crippen LogP contribution is -2.25. The SMILES string of the molecule is Cc1cc(C)c(NC(=O)c2cccc(C(=O)NCc3ccc(F)cc3)n2)c(C)c1. The van der Waals surface area contributed by atoms with Gasteiger partial charge in [0.25, 0.3) is 11.8 Å². The first-order valence-corrected chi connectivity index (χ1v) is 9.22. The summed E-state index contributed by atoms with van der Waals surface area (Å²) < 4.78 is 13.0. The van der Waals surface area contributed by atoms with Crippen molar-refractivity contribution in [3.63, 3.8) is 0 Å². The van der Waals surface area contributed by atoms with Gasteiger partial charge in [-0.1, -0.05) is 35.9 Å². The highest BCUT2D eigenvalue weighted by Crippen LogP contribution is 2.22. The molecular formula is C23H22FN3O2. The number of carbonyl (C=O) groups is 2. The van der Waals surface area contributed by atoms with Crippen molar-refractivity contribution in [3.8, 4) is 0 Å². The molecule has 29 heavy (non-hydrogen) atoms. The molecule has 1 heterocycles. The summed E-state index contributed by atoms with van der Waals surface area (Å²) in [5, 5.41) is 5.60. The highest BCUT2D eigenvalue weighted by Gasteiger charge is 2.14. The van der Waals surface area contributed by atoms with Crippen LogP contribution in [0, 0.1) is 26.6 Å². The van der Waals surface area contributed by atoms with Crippen LogP contribution in [0.3, 0.4) is 0 Å². The molecule has 0 saturated carbocycles. The number of carbonyl (C=O) groups excluding carboxylic acids is 2. The summed E-state index contributed by atoms with van der Waals surface area (Å²) in [6.45, 7) is 6.10. The second kappa shape index (κ2) is 8.65. The minimum atomic E-state index is -0.410. The van der Waals surface area contributed by atoms with Gasteiger partial charge in [0.15, 0.2) is 0 Å². The van der Waals surface area contributed by atoms with Crippen LogP contribution in [0.1, 0.15) is 43.2 Å². The number of amides is 2. The van der Waals surface area contributed by atoms with Gasteiger partial charge in [0.1, 0.15) is 17.2 Å². The van der Waals surface area contributed by atoms with E-state index in [9.17, 15) is 14.0 Å². The van der Waals surface area contributed by atoms with Crippen LogP contribution >= 0.6 is 0 Å². The monoisotopic (exact) mass is 391 g/mol. The number of benzene rings is 2. The summed E-state index contributed by atoms with van der Waals surface area (Å²) >= 11 is 0. The number of rotatable bonds is 5. The molecule has 0 unspecified atom stereocenters. The second-order valence-electron chi connectivity index (χ2n) is 6.95. The number of nitrogens with zero attached hydrogens (tertiary/aromatic N) is 1. The Morgan fingerprint density at radius 3 is 2.10 bits per heavy atom. The Hall–Kier alpha value is -3.54. The Labute approximate surface area is 169 Å². The lowest BCUT2D eigenvalue weighted by atomic mass is 10.0. The molecule has 0 saturated heterocycles. The van der Waals surface area contributed by atoms with Crippen molar-refractivity contribution < 1.29 is 14.0 Å². The maximum atomic E-state index is 13.0. The fourth-order valence-electron chi connectivity index (χ4n) is 3.12. The fraction of sp³-hybridized carbons (Fsp3) is 0.174. The third kappa shape index (κ3) is 5.04. The Kier molecular flexibility index (Phi) is 6.02. The Morgan fingerprint density at radius 1 is 0.897 bits per heavy atom. The van der Waals surface area contributed by atoms with E-state index in [1.165, 1.54) is 12.1 Å². The lowest BCUT2D eigenvalue weighted by Gasteiger charge is -2.13. The van der Waals surface area contributed by atoms with E-state index in [1.54, 1.807) is 30.3 Å². The van der Waals surface area contributed by atoms with Crippen molar-refractivity contribution in [3.05, 3.63) is 94.1 Å². The van der Waals surface area contributed by atoms with Crippen LogP contribution in [-0.2, 0) is 6.54 Å². The Balaban J connectivity index is 1.70. The average molecular weight is 391 g/mol. The van der Waals surface area contributed by atoms with Gasteiger partial charge in [-0.3, -0.25) is 9.59 Å². The number of aromatic nitrogens is 1. The molecule has 2 amide bonds. The molecule has 3 rings (SSSR count). The van der Waals surface area contributed by atoms with E-state index in [4.69, 9.17) is 0 Å². The van der Waals surface area contributed by atoms with E-state index >= 15 is 0 Å². The zero-order chi connectivity index (χ0) is 21.0. The van der Waals surface area contributed by atoms with Crippen molar-refractivity contribution in [1.82, 2.24) is 10.3 Å². The van der Waals surface area contributed by atoms with Gasteiger partial charge < -0.3 is 10.6 Å². The van der Waals surface area contributed by atoms with Crippen molar-refractivity contribution >= 4 is 17.5 Å². The Bertz CT molecular complexity index is 1040. The molecule has 0 radical (unpaired) electrons. The van der Waals surface area contributed by atoms with Gasteiger partial charge in [0.05, 0.1) is 0 Å². The molecule has 0 fully saturated rings. The van der Waals surface area contributed by atoms with E-state index in [0.29, 0.717) is 0 Å². The third-order valence-electron chi connectivity index (χ3n) is 4.50. The first-order valence-electron chi connectivity index (χ1n) is 9.22. The molecule has 148 valence electrons. The van der Waals surface area contributed by atoms with Gasteiger partial charge in [0, 0.05) is 12.2 Å². The quantitative estimate of drug-likeness (QED) is 0.680. The zero-order valence-corrected chi connectivity index (χ0v) is 16.5. The number of hydrogen-bond donors (Lipinski definition) is 2. The zero-order valence-electron chi connectivity index (χ0n) is 16.5. The van der Waals surface area contributed by atoms with Crippen LogP contribution in [0.4, 0.5) is 10.1 Å². The molecule has 0 aliphatic heterocycles. The van der Waals surface area contributed by atoms with E-state index in [2.05, 4.69) is 15.6 Å². The molecule has 0 aliphatic rings. The molecule has 2 aromatic carbocycles. The highest BCUT2D eigenvalue weighted by atomic mass is 19.1.